The summed E-state index contributed by atoms with van der Waals surface area (Å²) >= 11 is 0. The molecule has 172 valence electrons. The van der Waals surface area contributed by atoms with Crippen molar-refractivity contribution in [3.8, 4) is 11.5 Å². The van der Waals surface area contributed by atoms with Crippen LogP contribution in [0, 0.1) is 5.92 Å². The maximum atomic E-state index is 13.4. The predicted octanol–water partition coefficient (Wildman–Crippen LogP) is 4.07. The highest BCUT2D eigenvalue weighted by molar-refractivity contribution is 5.83. The molecule has 0 radical (unpaired) electrons. The summed E-state index contributed by atoms with van der Waals surface area (Å²) in [5, 5.41) is 0. The van der Waals surface area contributed by atoms with E-state index in [4.69, 9.17) is 23.7 Å². The van der Waals surface area contributed by atoms with Gasteiger partial charge in [-0.2, -0.15) is 0 Å². The molecule has 8 heteroatoms. The first-order chi connectivity index (χ1) is 14.6. The number of esters is 1. The molecular formula is C23H33NO7. The Kier molecular flexibility index (Phi) is 6.41. The molecule has 1 amide bonds. The van der Waals surface area contributed by atoms with Crippen molar-refractivity contribution >= 4 is 12.1 Å². The first kappa shape index (κ1) is 23.2. The lowest BCUT2D eigenvalue weighted by atomic mass is 9.92. The van der Waals surface area contributed by atoms with Crippen LogP contribution in [-0.4, -0.2) is 55.0 Å². The zero-order chi connectivity index (χ0) is 23.0. The van der Waals surface area contributed by atoms with Gasteiger partial charge in [0.25, 0.3) is 0 Å². The Morgan fingerprint density at radius 2 is 1.87 bits per heavy atom. The van der Waals surface area contributed by atoms with Gasteiger partial charge >= 0.3 is 12.1 Å². The van der Waals surface area contributed by atoms with Crippen molar-refractivity contribution in [3.05, 3.63) is 23.8 Å². The van der Waals surface area contributed by atoms with Crippen LogP contribution < -0.4 is 9.47 Å². The SMILES string of the molecule is CCOC(=O)[C@]1(C)OC(c2ccc(OC)cc2OC)N(C(=O)OC(C)(C)C)[C@H]1C1CC1. The molecule has 1 aromatic carbocycles. The molecule has 1 saturated heterocycles. The largest absolute Gasteiger partial charge is 0.497 e. The molecule has 3 atom stereocenters. The molecule has 8 nitrogen and oxygen atoms in total. The average molecular weight is 436 g/mol. The van der Waals surface area contributed by atoms with Gasteiger partial charge in [0.1, 0.15) is 17.1 Å². The minimum absolute atomic E-state index is 0.121. The summed E-state index contributed by atoms with van der Waals surface area (Å²) in [5.74, 6) is 0.724. The Labute approximate surface area is 183 Å². The lowest BCUT2D eigenvalue weighted by molar-refractivity contribution is -0.170. The zero-order valence-corrected chi connectivity index (χ0v) is 19.4. The summed E-state index contributed by atoms with van der Waals surface area (Å²) in [6.07, 6.45) is 0.375. The molecule has 0 spiro atoms. The van der Waals surface area contributed by atoms with Crippen LogP contribution in [0.3, 0.4) is 0 Å². The second-order valence-corrected chi connectivity index (χ2v) is 9.08. The summed E-state index contributed by atoms with van der Waals surface area (Å²) in [5.41, 5.74) is -1.43. The summed E-state index contributed by atoms with van der Waals surface area (Å²) in [4.78, 5) is 27.9. The number of benzene rings is 1. The summed E-state index contributed by atoms with van der Waals surface area (Å²) < 4.78 is 28.3. The Morgan fingerprint density at radius 1 is 1.19 bits per heavy atom. The third-order valence-corrected chi connectivity index (χ3v) is 5.53. The smallest absolute Gasteiger partial charge is 0.413 e. The van der Waals surface area contributed by atoms with Crippen LogP contribution >= 0.6 is 0 Å². The molecule has 1 unspecified atom stereocenters. The Morgan fingerprint density at radius 3 is 2.39 bits per heavy atom. The van der Waals surface area contributed by atoms with E-state index >= 15 is 0 Å². The van der Waals surface area contributed by atoms with Crippen LogP contribution in [0.25, 0.3) is 0 Å². The molecule has 1 aliphatic carbocycles. The fourth-order valence-electron chi connectivity index (χ4n) is 4.06. The summed E-state index contributed by atoms with van der Waals surface area (Å²) in [7, 11) is 3.10. The minimum atomic E-state index is -1.33. The fraction of sp³-hybridized carbons (Fsp3) is 0.652. The first-order valence-corrected chi connectivity index (χ1v) is 10.6. The van der Waals surface area contributed by atoms with Crippen LogP contribution in [0.4, 0.5) is 4.79 Å². The lowest BCUT2D eigenvalue weighted by Gasteiger charge is -2.33. The van der Waals surface area contributed by atoms with Gasteiger partial charge in [-0.1, -0.05) is 0 Å². The van der Waals surface area contributed by atoms with Crippen molar-refractivity contribution < 1.29 is 33.3 Å². The van der Waals surface area contributed by atoms with E-state index in [1.54, 1.807) is 44.1 Å². The normalized spacial score (nSPS) is 25.8. The van der Waals surface area contributed by atoms with Gasteiger partial charge in [0, 0.05) is 11.6 Å². The number of carbonyl (C=O) groups excluding carboxylic acids is 2. The second-order valence-electron chi connectivity index (χ2n) is 9.08. The Bertz CT molecular complexity index is 830. The standard InChI is InChI=1S/C23H33NO7/c1-8-29-20(25)23(5)18(14-9-10-14)24(21(26)31-22(2,3)4)19(30-23)16-12-11-15(27-6)13-17(16)28-7/h11-14,18-19H,8-10H2,1-7H3/t18-,19?,23+/m0/s1. The van der Waals surface area contributed by atoms with Crippen molar-refractivity contribution in [1.29, 1.82) is 0 Å². The first-order valence-electron chi connectivity index (χ1n) is 10.6. The number of carbonyl (C=O) groups is 2. The number of amides is 1. The van der Waals surface area contributed by atoms with Gasteiger partial charge in [0.05, 0.1) is 26.9 Å². The van der Waals surface area contributed by atoms with E-state index in [9.17, 15) is 9.59 Å². The summed E-state index contributed by atoms with van der Waals surface area (Å²) in [6.45, 7) is 9.09. The van der Waals surface area contributed by atoms with E-state index in [2.05, 4.69) is 0 Å². The molecule has 0 aromatic heterocycles. The van der Waals surface area contributed by atoms with Crippen molar-refractivity contribution in [2.45, 2.75) is 70.9 Å². The Hall–Kier alpha value is -2.48. The number of rotatable bonds is 6. The molecule has 0 N–H and O–H groups in total. The predicted molar refractivity (Wildman–Crippen MR) is 113 cm³/mol. The van der Waals surface area contributed by atoms with Gasteiger partial charge < -0.3 is 23.7 Å². The molecule has 0 bridgehead atoms. The van der Waals surface area contributed by atoms with E-state index in [0.29, 0.717) is 17.1 Å². The van der Waals surface area contributed by atoms with E-state index in [1.807, 2.05) is 20.8 Å². The van der Waals surface area contributed by atoms with Crippen molar-refractivity contribution in [3.63, 3.8) is 0 Å². The van der Waals surface area contributed by atoms with Crippen LogP contribution in [0.5, 0.6) is 11.5 Å². The minimum Gasteiger partial charge on any atom is -0.497 e. The van der Waals surface area contributed by atoms with Crippen LogP contribution in [0.1, 0.15) is 59.3 Å². The topological polar surface area (TPSA) is 83.5 Å². The van der Waals surface area contributed by atoms with E-state index in [0.717, 1.165) is 12.8 Å². The van der Waals surface area contributed by atoms with Gasteiger partial charge in [-0.25, -0.2) is 9.59 Å². The number of hydrogen-bond donors (Lipinski definition) is 0. The molecule has 2 fully saturated rings. The van der Waals surface area contributed by atoms with E-state index in [1.165, 1.54) is 7.11 Å². The van der Waals surface area contributed by atoms with Gasteiger partial charge in [0.2, 0.25) is 0 Å². The lowest BCUT2D eigenvalue weighted by Crippen LogP contribution is -2.53. The molecule has 1 aliphatic heterocycles. The van der Waals surface area contributed by atoms with E-state index < -0.39 is 35.5 Å². The molecule has 1 heterocycles. The number of hydrogen-bond acceptors (Lipinski definition) is 7. The van der Waals surface area contributed by atoms with Gasteiger partial charge in [-0.15, -0.1) is 0 Å². The Balaban J connectivity index is 2.11. The molecule has 2 aliphatic rings. The maximum Gasteiger partial charge on any atom is 0.413 e. The highest BCUT2D eigenvalue weighted by Gasteiger charge is 2.63. The summed E-state index contributed by atoms with van der Waals surface area (Å²) in [6, 6.07) is 4.75. The monoisotopic (exact) mass is 435 g/mol. The highest BCUT2D eigenvalue weighted by atomic mass is 16.6. The second kappa shape index (κ2) is 8.57. The number of methoxy groups -OCH3 is 2. The van der Waals surface area contributed by atoms with Crippen LogP contribution in [0.15, 0.2) is 18.2 Å². The van der Waals surface area contributed by atoms with Crippen molar-refractivity contribution in [2.75, 3.05) is 20.8 Å². The van der Waals surface area contributed by atoms with Crippen molar-refractivity contribution in [2.24, 2.45) is 5.92 Å². The van der Waals surface area contributed by atoms with Gasteiger partial charge in [0.15, 0.2) is 11.8 Å². The third-order valence-electron chi connectivity index (χ3n) is 5.53. The highest BCUT2D eigenvalue weighted by Crippen LogP contribution is 2.52. The molecule has 1 saturated carbocycles. The zero-order valence-electron chi connectivity index (χ0n) is 19.4. The quantitative estimate of drug-likeness (QED) is 0.623. The number of nitrogens with zero attached hydrogens (tertiary/aromatic N) is 1. The molecule has 1 aromatic rings. The number of ether oxygens (including phenoxy) is 5. The average Bonchev–Trinajstić information content (AvgIpc) is 3.48. The van der Waals surface area contributed by atoms with Gasteiger partial charge in [-0.05, 0) is 65.5 Å². The maximum absolute atomic E-state index is 13.4. The van der Waals surface area contributed by atoms with E-state index in [-0.39, 0.29) is 12.5 Å². The molecular weight excluding hydrogens is 402 g/mol. The van der Waals surface area contributed by atoms with Crippen LogP contribution in [0.2, 0.25) is 0 Å². The van der Waals surface area contributed by atoms with Crippen LogP contribution in [-0.2, 0) is 19.0 Å². The van der Waals surface area contributed by atoms with Crippen molar-refractivity contribution in [1.82, 2.24) is 4.90 Å². The molecule has 3 rings (SSSR count). The molecule has 31 heavy (non-hydrogen) atoms. The van der Waals surface area contributed by atoms with Gasteiger partial charge in [-0.3, -0.25) is 4.90 Å². The fourth-order valence-corrected chi connectivity index (χ4v) is 4.06. The third kappa shape index (κ3) is 4.59.